The van der Waals surface area contributed by atoms with E-state index in [-0.39, 0.29) is 29.7 Å². The fourth-order valence-corrected chi connectivity index (χ4v) is 5.32. The second kappa shape index (κ2) is 8.64. The van der Waals surface area contributed by atoms with E-state index in [1.165, 1.54) is 35.5 Å². The number of fused-ring (bicyclic) bond motifs is 1. The number of aryl methyl sites for hydroxylation is 1. The number of nitrogens with zero attached hydrogens (tertiary/aromatic N) is 3. The van der Waals surface area contributed by atoms with Gasteiger partial charge in [0.1, 0.15) is 0 Å². The van der Waals surface area contributed by atoms with E-state index in [0.29, 0.717) is 31.6 Å². The molecule has 3 aromatic rings. The number of aromatic nitrogens is 1. The number of amides is 1. The molecule has 1 saturated heterocycles. The van der Waals surface area contributed by atoms with Gasteiger partial charge in [0.05, 0.1) is 4.90 Å². The standard InChI is InChI=1S/C23H25N3O4S/c1-18(27)19-6-8-21(9-7-19)31(29,30)26-16-14-25(15-17-26)23(28)11-13-24-12-10-20-4-2-3-5-22(20)24/h2-10,12H,11,13-17H2,1H3. The molecule has 8 heteroatoms. The van der Waals surface area contributed by atoms with Crippen molar-refractivity contribution in [3.8, 4) is 0 Å². The number of sulfonamides is 1. The van der Waals surface area contributed by atoms with E-state index in [1.807, 2.05) is 36.5 Å². The lowest BCUT2D eigenvalue weighted by atomic mass is 10.2. The average Bonchev–Trinajstić information content (AvgIpc) is 3.20. The number of benzene rings is 2. The van der Waals surface area contributed by atoms with Crippen LogP contribution in [0.4, 0.5) is 0 Å². The summed E-state index contributed by atoms with van der Waals surface area (Å²) in [6, 6.07) is 16.1. The molecule has 0 aliphatic carbocycles. The van der Waals surface area contributed by atoms with Crippen LogP contribution in [0.3, 0.4) is 0 Å². The number of hydrogen-bond donors (Lipinski definition) is 0. The van der Waals surface area contributed by atoms with Gasteiger partial charge in [0, 0.05) is 56.4 Å². The largest absolute Gasteiger partial charge is 0.347 e. The second-order valence-electron chi connectivity index (χ2n) is 7.68. The number of hydrogen-bond acceptors (Lipinski definition) is 4. The van der Waals surface area contributed by atoms with Crippen molar-refractivity contribution >= 4 is 32.6 Å². The van der Waals surface area contributed by atoms with Gasteiger partial charge >= 0.3 is 0 Å². The fourth-order valence-electron chi connectivity index (χ4n) is 3.90. The predicted octanol–water partition coefficient (Wildman–Crippen LogP) is 2.77. The monoisotopic (exact) mass is 439 g/mol. The Hall–Kier alpha value is -2.97. The lowest BCUT2D eigenvalue weighted by Gasteiger charge is -2.34. The molecular formula is C23H25N3O4S. The maximum absolute atomic E-state index is 12.9. The van der Waals surface area contributed by atoms with Gasteiger partial charge in [-0.05, 0) is 36.6 Å². The molecule has 0 unspecified atom stereocenters. The fraction of sp³-hybridized carbons (Fsp3) is 0.304. The number of carbonyl (C=O) groups excluding carboxylic acids is 2. The maximum atomic E-state index is 12.9. The molecule has 1 aliphatic rings. The van der Waals surface area contributed by atoms with Crippen molar-refractivity contribution < 1.29 is 18.0 Å². The van der Waals surface area contributed by atoms with Gasteiger partial charge in [0.15, 0.2) is 5.78 Å². The van der Waals surface area contributed by atoms with E-state index in [2.05, 4.69) is 4.57 Å². The molecule has 0 radical (unpaired) electrons. The average molecular weight is 440 g/mol. The molecule has 162 valence electrons. The summed E-state index contributed by atoms with van der Waals surface area (Å²) in [5.74, 6) is -0.0791. The van der Waals surface area contributed by atoms with E-state index in [0.717, 1.165) is 10.9 Å². The summed E-state index contributed by atoms with van der Waals surface area (Å²) < 4.78 is 29.2. The van der Waals surface area contributed by atoms with Gasteiger partial charge in [-0.2, -0.15) is 4.31 Å². The molecule has 0 atom stereocenters. The van der Waals surface area contributed by atoms with Crippen LogP contribution in [0.2, 0.25) is 0 Å². The second-order valence-corrected chi connectivity index (χ2v) is 9.62. The molecule has 1 fully saturated rings. The van der Waals surface area contributed by atoms with E-state index < -0.39 is 10.0 Å². The van der Waals surface area contributed by atoms with E-state index >= 15 is 0 Å². The molecule has 0 N–H and O–H groups in total. The molecule has 1 aromatic heterocycles. The van der Waals surface area contributed by atoms with Crippen molar-refractivity contribution in [1.29, 1.82) is 0 Å². The first kappa shape index (κ1) is 21.3. The Labute approximate surface area is 181 Å². The van der Waals surface area contributed by atoms with Crippen molar-refractivity contribution in [3.63, 3.8) is 0 Å². The molecular weight excluding hydrogens is 414 g/mol. The summed E-state index contributed by atoms with van der Waals surface area (Å²) >= 11 is 0. The highest BCUT2D eigenvalue weighted by molar-refractivity contribution is 7.89. The predicted molar refractivity (Wildman–Crippen MR) is 118 cm³/mol. The topological polar surface area (TPSA) is 79.7 Å². The summed E-state index contributed by atoms with van der Waals surface area (Å²) in [5.41, 5.74) is 1.58. The first-order chi connectivity index (χ1) is 14.9. The molecule has 7 nitrogen and oxygen atoms in total. The van der Waals surface area contributed by atoms with E-state index in [1.54, 1.807) is 4.90 Å². The molecule has 0 saturated carbocycles. The normalized spacial score (nSPS) is 15.3. The highest BCUT2D eigenvalue weighted by Crippen LogP contribution is 2.20. The number of carbonyl (C=O) groups is 2. The Balaban J connectivity index is 1.34. The van der Waals surface area contributed by atoms with Crippen molar-refractivity contribution in [2.45, 2.75) is 24.8 Å². The summed E-state index contributed by atoms with van der Waals surface area (Å²) in [5, 5.41) is 1.14. The Morgan fingerprint density at radius 3 is 2.26 bits per heavy atom. The number of ketones is 1. The van der Waals surface area contributed by atoms with Crippen LogP contribution in [0, 0.1) is 0 Å². The van der Waals surface area contributed by atoms with E-state index in [4.69, 9.17) is 0 Å². The van der Waals surface area contributed by atoms with Crippen LogP contribution >= 0.6 is 0 Å². The minimum absolute atomic E-state index is 0.0284. The SMILES string of the molecule is CC(=O)c1ccc(S(=O)(=O)N2CCN(C(=O)CCn3ccc4ccccc43)CC2)cc1. The zero-order valence-electron chi connectivity index (χ0n) is 17.4. The van der Waals surface area contributed by atoms with Crippen molar-refractivity contribution in [3.05, 3.63) is 66.4 Å². The maximum Gasteiger partial charge on any atom is 0.243 e. The van der Waals surface area contributed by atoms with Gasteiger partial charge in [0.25, 0.3) is 0 Å². The van der Waals surface area contributed by atoms with Crippen LogP contribution in [0.15, 0.2) is 65.7 Å². The Morgan fingerprint density at radius 1 is 0.903 bits per heavy atom. The molecule has 0 spiro atoms. The highest BCUT2D eigenvalue weighted by Gasteiger charge is 2.30. The Morgan fingerprint density at radius 2 is 1.58 bits per heavy atom. The van der Waals surface area contributed by atoms with Gasteiger partial charge in [-0.25, -0.2) is 8.42 Å². The first-order valence-corrected chi connectivity index (χ1v) is 11.7. The number of piperazine rings is 1. The minimum atomic E-state index is -3.65. The zero-order chi connectivity index (χ0) is 22.0. The zero-order valence-corrected chi connectivity index (χ0v) is 18.2. The van der Waals surface area contributed by atoms with Crippen molar-refractivity contribution in [1.82, 2.24) is 13.8 Å². The molecule has 31 heavy (non-hydrogen) atoms. The minimum Gasteiger partial charge on any atom is -0.347 e. The highest BCUT2D eigenvalue weighted by atomic mass is 32.2. The third-order valence-electron chi connectivity index (χ3n) is 5.74. The molecule has 1 amide bonds. The van der Waals surface area contributed by atoms with E-state index in [9.17, 15) is 18.0 Å². The van der Waals surface area contributed by atoms with Crippen LogP contribution in [0.5, 0.6) is 0 Å². The molecule has 1 aliphatic heterocycles. The van der Waals surface area contributed by atoms with Gasteiger partial charge in [-0.15, -0.1) is 0 Å². The lowest BCUT2D eigenvalue weighted by Crippen LogP contribution is -2.50. The number of Topliss-reactive ketones (excluding diaryl/α,β-unsaturated/α-hetero) is 1. The Bertz CT molecular complexity index is 1210. The lowest BCUT2D eigenvalue weighted by molar-refractivity contribution is -0.132. The summed E-state index contributed by atoms with van der Waals surface area (Å²) in [4.78, 5) is 26.0. The molecule has 4 rings (SSSR count). The Kier molecular flexibility index (Phi) is 5.93. The van der Waals surface area contributed by atoms with Crippen LogP contribution in [-0.4, -0.2) is 60.1 Å². The van der Waals surface area contributed by atoms with Crippen LogP contribution in [0.1, 0.15) is 23.7 Å². The van der Waals surface area contributed by atoms with Crippen molar-refractivity contribution in [2.75, 3.05) is 26.2 Å². The summed E-state index contributed by atoms with van der Waals surface area (Å²) in [6.07, 6.45) is 2.36. The quantitative estimate of drug-likeness (QED) is 0.553. The number of para-hydroxylation sites is 1. The van der Waals surface area contributed by atoms with Crippen LogP contribution < -0.4 is 0 Å². The smallest absolute Gasteiger partial charge is 0.243 e. The molecule has 2 aromatic carbocycles. The van der Waals surface area contributed by atoms with Gasteiger partial charge in [-0.1, -0.05) is 30.3 Å². The summed E-state index contributed by atoms with van der Waals surface area (Å²) in [7, 11) is -3.65. The van der Waals surface area contributed by atoms with Crippen LogP contribution in [0.25, 0.3) is 10.9 Å². The molecule has 0 bridgehead atoms. The van der Waals surface area contributed by atoms with Gasteiger partial charge in [0.2, 0.25) is 15.9 Å². The third-order valence-corrected chi connectivity index (χ3v) is 7.65. The van der Waals surface area contributed by atoms with Crippen molar-refractivity contribution in [2.24, 2.45) is 0 Å². The van der Waals surface area contributed by atoms with Gasteiger partial charge < -0.3 is 9.47 Å². The summed E-state index contributed by atoms with van der Waals surface area (Å²) in [6.45, 7) is 3.29. The van der Waals surface area contributed by atoms with Gasteiger partial charge in [-0.3, -0.25) is 9.59 Å². The molecule has 2 heterocycles. The van der Waals surface area contributed by atoms with Crippen LogP contribution in [-0.2, 0) is 21.4 Å². The third kappa shape index (κ3) is 4.40. The number of rotatable bonds is 6. The first-order valence-electron chi connectivity index (χ1n) is 10.3.